The van der Waals surface area contributed by atoms with Gasteiger partial charge in [0.25, 0.3) is 0 Å². The second-order valence-corrected chi connectivity index (χ2v) is 8.18. The molecule has 1 fully saturated rings. The lowest BCUT2D eigenvalue weighted by Gasteiger charge is -2.13. The lowest BCUT2D eigenvalue weighted by Crippen LogP contribution is -2.32. The predicted molar refractivity (Wildman–Crippen MR) is 121 cm³/mol. The highest BCUT2D eigenvalue weighted by atomic mass is 35.5. The number of halogens is 2. The Balaban J connectivity index is 1.75. The Labute approximate surface area is 184 Å². The zero-order valence-electron chi connectivity index (χ0n) is 15.7. The van der Waals surface area contributed by atoms with Crippen molar-refractivity contribution in [2.45, 2.75) is 11.7 Å². The van der Waals surface area contributed by atoms with Crippen molar-refractivity contribution in [2.24, 2.45) is 10.2 Å². The van der Waals surface area contributed by atoms with E-state index in [1.807, 2.05) is 30.3 Å². The lowest BCUT2D eigenvalue weighted by atomic mass is 10.1. The van der Waals surface area contributed by atoms with Crippen molar-refractivity contribution in [1.29, 1.82) is 0 Å². The maximum Gasteiger partial charge on any atom is 0.242 e. The number of benzene rings is 2. The number of hydrogen-bond donors (Lipinski definition) is 0. The van der Waals surface area contributed by atoms with Crippen LogP contribution in [-0.2, 0) is 11.2 Å². The lowest BCUT2D eigenvalue weighted by molar-refractivity contribution is -0.125. The monoisotopic (exact) mass is 447 g/mol. The van der Waals surface area contributed by atoms with Gasteiger partial charge in [0.15, 0.2) is 5.17 Å². The van der Waals surface area contributed by atoms with Gasteiger partial charge in [0.2, 0.25) is 5.91 Å². The Morgan fingerprint density at radius 1 is 1.21 bits per heavy atom. The molecule has 1 saturated heterocycles. The topological polar surface area (TPSA) is 54.3 Å². The van der Waals surface area contributed by atoms with Crippen LogP contribution in [0, 0.1) is 0 Å². The second kappa shape index (κ2) is 9.96. The third-order valence-electron chi connectivity index (χ3n) is 4.20. The van der Waals surface area contributed by atoms with Crippen molar-refractivity contribution < 1.29 is 9.53 Å². The maximum atomic E-state index is 12.8. The van der Waals surface area contributed by atoms with Gasteiger partial charge in [0.1, 0.15) is 5.75 Å². The van der Waals surface area contributed by atoms with Crippen molar-refractivity contribution in [1.82, 2.24) is 4.90 Å². The van der Waals surface area contributed by atoms with Crippen molar-refractivity contribution in [3.63, 3.8) is 0 Å². The Bertz CT molecular complexity index is 961. The summed E-state index contributed by atoms with van der Waals surface area (Å²) in [7, 11) is 1.62. The first kappa shape index (κ1) is 21.4. The first-order chi connectivity index (χ1) is 14.0. The van der Waals surface area contributed by atoms with E-state index in [0.29, 0.717) is 28.2 Å². The minimum absolute atomic E-state index is 0.0284. The average Bonchev–Trinajstić information content (AvgIpc) is 3.01. The van der Waals surface area contributed by atoms with Crippen LogP contribution in [0.5, 0.6) is 5.75 Å². The Morgan fingerprint density at radius 3 is 2.62 bits per heavy atom. The molecule has 29 heavy (non-hydrogen) atoms. The minimum Gasteiger partial charge on any atom is -0.497 e. The molecule has 0 N–H and O–H groups in total. The van der Waals surface area contributed by atoms with Gasteiger partial charge < -0.3 is 4.74 Å². The fourth-order valence-corrected chi connectivity index (χ4v) is 4.19. The number of methoxy groups -OCH3 is 1. The molecule has 5 nitrogen and oxygen atoms in total. The van der Waals surface area contributed by atoms with E-state index in [-0.39, 0.29) is 11.2 Å². The summed E-state index contributed by atoms with van der Waals surface area (Å²) in [6, 6.07) is 12.8. The summed E-state index contributed by atoms with van der Waals surface area (Å²) in [4.78, 5) is 14.4. The Kier molecular flexibility index (Phi) is 7.36. The van der Waals surface area contributed by atoms with Gasteiger partial charge in [-0.05, 0) is 53.9 Å². The molecule has 8 heteroatoms. The summed E-state index contributed by atoms with van der Waals surface area (Å²) in [5.74, 6) is 0.743. The van der Waals surface area contributed by atoms with Gasteiger partial charge in [-0.1, -0.05) is 47.1 Å². The Morgan fingerprint density at radius 2 is 1.97 bits per heavy atom. The van der Waals surface area contributed by atoms with E-state index in [1.165, 1.54) is 11.8 Å². The molecule has 0 unspecified atom stereocenters. The highest BCUT2D eigenvalue weighted by Crippen LogP contribution is 2.31. The van der Waals surface area contributed by atoms with Crippen LogP contribution in [0.4, 0.5) is 0 Å². The van der Waals surface area contributed by atoms with Crippen molar-refractivity contribution >= 4 is 52.3 Å². The van der Waals surface area contributed by atoms with Crippen molar-refractivity contribution in [2.75, 3.05) is 13.7 Å². The number of nitrogens with zero attached hydrogens (tertiary/aromatic N) is 3. The highest BCUT2D eigenvalue weighted by molar-refractivity contribution is 8.15. The van der Waals surface area contributed by atoms with Crippen LogP contribution in [0.25, 0.3) is 0 Å². The molecule has 3 rings (SSSR count). The third-order valence-corrected chi connectivity index (χ3v) is 6.11. The van der Waals surface area contributed by atoms with Gasteiger partial charge in [0.05, 0.1) is 28.6 Å². The van der Waals surface area contributed by atoms with E-state index in [9.17, 15) is 4.79 Å². The van der Waals surface area contributed by atoms with E-state index in [0.717, 1.165) is 16.9 Å². The molecule has 1 aliphatic heterocycles. The molecule has 1 atom stereocenters. The fourth-order valence-electron chi connectivity index (χ4n) is 2.73. The number of amidine groups is 1. The summed E-state index contributed by atoms with van der Waals surface area (Å²) >= 11 is 13.4. The van der Waals surface area contributed by atoms with Gasteiger partial charge >= 0.3 is 0 Å². The molecule has 0 aliphatic carbocycles. The molecule has 2 aromatic carbocycles. The second-order valence-electron chi connectivity index (χ2n) is 6.20. The smallest absolute Gasteiger partial charge is 0.242 e. The van der Waals surface area contributed by atoms with E-state index in [4.69, 9.17) is 27.9 Å². The van der Waals surface area contributed by atoms with Crippen LogP contribution in [0.3, 0.4) is 0 Å². The maximum absolute atomic E-state index is 12.8. The largest absolute Gasteiger partial charge is 0.497 e. The molecule has 1 heterocycles. The SMILES string of the molecule is C=CCN1C(=O)[C@@H](Cc2ccc(Cl)c(Cl)c2)S/C1=N/N=C\c1ccc(OC)cc1. The number of amides is 1. The van der Waals surface area contributed by atoms with Crippen LogP contribution in [0.1, 0.15) is 11.1 Å². The van der Waals surface area contributed by atoms with Crippen LogP contribution >= 0.6 is 35.0 Å². The summed E-state index contributed by atoms with van der Waals surface area (Å²) in [5.41, 5.74) is 1.82. The first-order valence-electron chi connectivity index (χ1n) is 8.79. The summed E-state index contributed by atoms with van der Waals surface area (Å²) in [5, 5.41) is 9.62. The van der Waals surface area contributed by atoms with Crippen LogP contribution < -0.4 is 4.74 Å². The zero-order chi connectivity index (χ0) is 20.8. The number of hydrogen-bond acceptors (Lipinski definition) is 5. The van der Waals surface area contributed by atoms with E-state index >= 15 is 0 Å². The van der Waals surface area contributed by atoms with Crippen LogP contribution in [0.2, 0.25) is 10.0 Å². The molecule has 0 bridgehead atoms. The van der Waals surface area contributed by atoms with Crippen molar-refractivity contribution in [3.05, 3.63) is 76.3 Å². The molecule has 1 amide bonds. The average molecular weight is 448 g/mol. The number of thioether (sulfide) groups is 1. The van der Waals surface area contributed by atoms with E-state index < -0.39 is 0 Å². The molecule has 150 valence electrons. The molecule has 0 radical (unpaired) electrons. The molecular weight excluding hydrogens is 429 g/mol. The number of carbonyl (C=O) groups is 1. The Hall–Kier alpha value is -2.28. The van der Waals surface area contributed by atoms with Crippen LogP contribution in [-0.4, -0.2) is 41.1 Å². The number of rotatable bonds is 7. The molecule has 1 aliphatic rings. The first-order valence-corrected chi connectivity index (χ1v) is 10.4. The highest BCUT2D eigenvalue weighted by Gasteiger charge is 2.37. The van der Waals surface area contributed by atoms with E-state index in [1.54, 1.807) is 36.4 Å². The predicted octanol–water partition coefficient (Wildman–Crippen LogP) is 5.06. The van der Waals surface area contributed by atoms with Crippen LogP contribution in [0.15, 0.2) is 65.3 Å². The van der Waals surface area contributed by atoms with Gasteiger partial charge in [-0.25, -0.2) is 0 Å². The minimum atomic E-state index is -0.304. The summed E-state index contributed by atoms with van der Waals surface area (Å²) in [6.45, 7) is 4.10. The van der Waals surface area contributed by atoms with Gasteiger partial charge in [-0.2, -0.15) is 5.10 Å². The molecule has 0 aromatic heterocycles. The molecule has 0 saturated carbocycles. The molecule has 0 spiro atoms. The zero-order valence-corrected chi connectivity index (χ0v) is 18.0. The van der Waals surface area contributed by atoms with Gasteiger partial charge in [-0.3, -0.25) is 9.69 Å². The number of ether oxygens (including phenoxy) is 1. The van der Waals surface area contributed by atoms with Crippen molar-refractivity contribution in [3.8, 4) is 5.75 Å². The molecular formula is C21H19Cl2N3O2S. The van der Waals surface area contributed by atoms with Gasteiger partial charge in [-0.15, -0.1) is 11.7 Å². The third kappa shape index (κ3) is 5.41. The van der Waals surface area contributed by atoms with E-state index in [2.05, 4.69) is 16.8 Å². The standard InChI is InChI=1S/C21H19Cl2N3O2S/c1-3-10-26-20(27)19(12-15-6-9-17(22)18(23)11-15)29-21(26)25-24-13-14-4-7-16(28-2)8-5-14/h3-9,11,13,19H,1,10,12H2,2H3/b24-13-,25-21+/t19-/m1/s1. The summed E-state index contributed by atoms with van der Waals surface area (Å²) in [6.07, 6.45) is 3.83. The normalized spacial score (nSPS) is 18.0. The van der Waals surface area contributed by atoms with Gasteiger partial charge in [0, 0.05) is 6.54 Å². The molecule has 2 aromatic rings. The summed E-state index contributed by atoms with van der Waals surface area (Å²) < 4.78 is 5.14. The quantitative estimate of drug-likeness (QED) is 0.338. The number of carbonyl (C=O) groups excluding carboxylic acids is 1. The fraction of sp³-hybridized carbons (Fsp3) is 0.190.